The molecule has 2 aliphatic carbocycles. The monoisotopic (exact) mass is 385 g/mol. The van der Waals surface area contributed by atoms with Crippen molar-refractivity contribution in [3.63, 3.8) is 0 Å². The second-order valence-corrected chi connectivity index (χ2v) is 8.63. The lowest BCUT2D eigenvalue weighted by molar-refractivity contribution is -0.122. The van der Waals surface area contributed by atoms with E-state index in [1.54, 1.807) is 0 Å². The molecule has 1 aromatic carbocycles. The summed E-state index contributed by atoms with van der Waals surface area (Å²) in [5, 5.41) is 5.81. The fourth-order valence-corrected chi connectivity index (χ4v) is 5.45. The first-order valence-corrected chi connectivity index (χ1v) is 10.6. The topological polar surface area (TPSA) is 70.7 Å². The summed E-state index contributed by atoms with van der Waals surface area (Å²) in [5.74, 6) is 2.86. The molecule has 4 aliphatic rings. The van der Waals surface area contributed by atoms with E-state index in [4.69, 9.17) is 4.74 Å². The van der Waals surface area contributed by atoms with Crippen LogP contribution in [0.15, 0.2) is 24.3 Å². The van der Waals surface area contributed by atoms with Gasteiger partial charge in [0.25, 0.3) is 5.91 Å². The molecular formula is C22H31N3O3. The standard InChI is InChI=1S/C22H31N3O3/c1-2-23-21(26)14-28-20-5-3-4-15(11-20)12-24-22(27)25-13-18-7-16-6-17(8-18)10-19(25)9-16/h3-5,11,16-19H,2,6-10,12-14H2,1H3,(H,23,26)(H,24,27). The molecule has 2 unspecified atom stereocenters. The van der Waals surface area contributed by atoms with Crippen LogP contribution in [-0.4, -0.2) is 42.6 Å². The molecular weight excluding hydrogens is 354 g/mol. The van der Waals surface area contributed by atoms with Crippen molar-refractivity contribution in [2.45, 2.75) is 51.6 Å². The number of amides is 3. The van der Waals surface area contributed by atoms with Gasteiger partial charge in [0.05, 0.1) is 0 Å². The minimum absolute atomic E-state index is 0.00281. The lowest BCUT2D eigenvalue weighted by Crippen LogP contribution is -2.47. The number of hydrogen-bond acceptors (Lipinski definition) is 3. The quantitative estimate of drug-likeness (QED) is 0.791. The van der Waals surface area contributed by atoms with Gasteiger partial charge in [0, 0.05) is 25.7 Å². The van der Waals surface area contributed by atoms with Gasteiger partial charge in [-0.05, 0) is 74.5 Å². The van der Waals surface area contributed by atoms with E-state index in [0.29, 0.717) is 30.8 Å². The van der Waals surface area contributed by atoms with E-state index in [1.807, 2.05) is 31.2 Å². The zero-order valence-electron chi connectivity index (χ0n) is 16.7. The van der Waals surface area contributed by atoms with Gasteiger partial charge in [-0.15, -0.1) is 0 Å². The third-order valence-electron chi connectivity index (χ3n) is 6.45. The van der Waals surface area contributed by atoms with Gasteiger partial charge in [-0.25, -0.2) is 4.79 Å². The van der Waals surface area contributed by atoms with Crippen molar-refractivity contribution in [2.24, 2.45) is 17.8 Å². The first-order valence-electron chi connectivity index (χ1n) is 10.6. The SMILES string of the molecule is CCNC(=O)COc1cccc(CNC(=O)N2CC3CC4CC(C3)CC2C4)c1. The second-order valence-electron chi connectivity index (χ2n) is 8.63. The van der Waals surface area contributed by atoms with Crippen LogP contribution in [0.5, 0.6) is 5.75 Å². The van der Waals surface area contributed by atoms with Crippen LogP contribution in [0, 0.1) is 17.8 Å². The maximum absolute atomic E-state index is 12.9. The van der Waals surface area contributed by atoms with Crippen LogP contribution in [0.1, 0.15) is 44.6 Å². The van der Waals surface area contributed by atoms with Crippen LogP contribution < -0.4 is 15.4 Å². The Bertz CT molecular complexity index is 709. The lowest BCUT2D eigenvalue weighted by Gasteiger charge is -2.38. The van der Waals surface area contributed by atoms with Crippen molar-refractivity contribution >= 4 is 11.9 Å². The lowest BCUT2D eigenvalue weighted by atomic mass is 9.68. The highest BCUT2D eigenvalue weighted by Gasteiger charge is 2.43. The number of urea groups is 1. The van der Waals surface area contributed by atoms with Gasteiger partial charge in [-0.1, -0.05) is 12.1 Å². The van der Waals surface area contributed by atoms with Crippen LogP contribution in [0.3, 0.4) is 0 Å². The molecule has 2 saturated carbocycles. The molecule has 5 rings (SSSR count). The summed E-state index contributed by atoms with van der Waals surface area (Å²) in [6.45, 7) is 3.86. The minimum atomic E-state index is -0.133. The van der Waals surface area contributed by atoms with E-state index in [0.717, 1.165) is 23.9 Å². The van der Waals surface area contributed by atoms with Crippen LogP contribution >= 0.6 is 0 Å². The zero-order valence-corrected chi connectivity index (χ0v) is 16.7. The van der Waals surface area contributed by atoms with E-state index in [2.05, 4.69) is 15.5 Å². The van der Waals surface area contributed by atoms with Gasteiger partial charge >= 0.3 is 6.03 Å². The summed E-state index contributed by atoms with van der Waals surface area (Å²) >= 11 is 0. The Morgan fingerprint density at radius 2 is 1.82 bits per heavy atom. The molecule has 2 atom stereocenters. The number of fused-ring (bicyclic) bond motifs is 1. The zero-order chi connectivity index (χ0) is 19.5. The van der Waals surface area contributed by atoms with E-state index in [1.165, 1.54) is 32.1 Å². The van der Waals surface area contributed by atoms with Gasteiger partial charge in [0.15, 0.2) is 6.61 Å². The molecule has 4 bridgehead atoms. The van der Waals surface area contributed by atoms with Crippen molar-refractivity contribution in [3.05, 3.63) is 29.8 Å². The average molecular weight is 386 g/mol. The fourth-order valence-electron chi connectivity index (χ4n) is 5.45. The molecule has 6 nitrogen and oxygen atoms in total. The Labute approximate surface area is 167 Å². The Morgan fingerprint density at radius 1 is 1.07 bits per heavy atom. The van der Waals surface area contributed by atoms with Crippen LogP contribution in [0.2, 0.25) is 0 Å². The van der Waals surface area contributed by atoms with Gasteiger partial charge < -0.3 is 20.3 Å². The summed E-state index contributed by atoms with van der Waals surface area (Å²) in [6, 6.07) is 8.05. The Kier molecular flexibility index (Phi) is 5.74. The Hall–Kier alpha value is -2.24. The maximum atomic E-state index is 12.9. The molecule has 2 saturated heterocycles. The smallest absolute Gasteiger partial charge is 0.317 e. The highest BCUT2D eigenvalue weighted by molar-refractivity contribution is 5.77. The molecule has 28 heavy (non-hydrogen) atoms. The number of nitrogens with zero attached hydrogens (tertiary/aromatic N) is 1. The molecule has 152 valence electrons. The number of benzene rings is 1. The minimum Gasteiger partial charge on any atom is -0.484 e. The number of ether oxygens (including phenoxy) is 1. The number of rotatable bonds is 6. The Morgan fingerprint density at radius 3 is 2.57 bits per heavy atom. The van der Waals surface area contributed by atoms with Gasteiger partial charge in [0.2, 0.25) is 0 Å². The molecule has 3 amide bonds. The Balaban J connectivity index is 1.31. The second kappa shape index (κ2) is 8.41. The fraction of sp³-hybridized carbons (Fsp3) is 0.636. The van der Waals surface area contributed by atoms with Gasteiger partial charge in [0.1, 0.15) is 5.75 Å². The van der Waals surface area contributed by atoms with Gasteiger partial charge in [-0.2, -0.15) is 0 Å². The summed E-state index contributed by atoms with van der Waals surface area (Å²) in [6.07, 6.45) is 6.36. The number of carbonyl (C=O) groups excluding carboxylic acids is 2. The first kappa shape index (κ1) is 19.1. The van der Waals surface area contributed by atoms with Crippen LogP contribution in [-0.2, 0) is 11.3 Å². The molecule has 0 spiro atoms. The highest BCUT2D eigenvalue weighted by Crippen LogP contribution is 2.47. The molecule has 2 aliphatic heterocycles. The number of likely N-dealkylation sites (N-methyl/N-ethyl adjacent to an activating group) is 1. The van der Waals surface area contributed by atoms with E-state index < -0.39 is 0 Å². The number of nitrogens with one attached hydrogen (secondary N) is 2. The van der Waals surface area contributed by atoms with E-state index >= 15 is 0 Å². The normalized spacial score (nSPS) is 28.0. The predicted molar refractivity (Wildman–Crippen MR) is 107 cm³/mol. The number of hydrogen-bond donors (Lipinski definition) is 2. The molecule has 0 radical (unpaired) electrons. The average Bonchev–Trinajstić information content (AvgIpc) is 2.88. The summed E-state index contributed by atoms with van der Waals surface area (Å²) < 4.78 is 5.54. The molecule has 6 heteroatoms. The van der Waals surface area contributed by atoms with Crippen molar-refractivity contribution in [2.75, 3.05) is 19.7 Å². The highest BCUT2D eigenvalue weighted by atomic mass is 16.5. The van der Waals surface area contributed by atoms with Crippen molar-refractivity contribution in [1.82, 2.24) is 15.5 Å². The first-order chi connectivity index (χ1) is 13.6. The molecule has 4 fully saturated rings. The van der Waals surface area contributed by atoms with E-state index in [-0.39, 0.29) is 18.5 Å². The molecule has 2 heterocycles. The van der Waals surface area contributed by atoms with Crippen molar-refractivity contribution in [1.29, 1.82) is 0 Å². The van der Waals surface area contributed by atoms with Crippen LogP contribution in [0.25, 0.3) is 0 Å². The maximum Gasteiger partial charge on any atom is 0.317 e. The summed E-state index contributed by atoms with van der Waals surface area (Å²) in [7, 11) is 0. The molecule has 0 aromatic heterocycles. The third kappa shape index (κ3) is 4.42. The summed E-state index contributed by atoms with van der Waals surface area (Å²) in [5.41, 5.74) is 0.974. The van der Waals surface area contributed by atoms with Crippen LogP contribution in [0.4, 0.5) is 4.79 Å². The predicted octanol–water partition coefficient (Wildman–Crippen LogP) is 2.92. The van der Waals surface area contributed by atoms with E-state index in [9.17, 15) is 9.59 Å². The molecule has 2 N–H and O–H groups in total. The third-order valence-corrected chi connectivity index (χ3v) is 6.45. The number of carbonyl (C=O) groups is 2. The van der Waals surface area contributed by atoms with Gasteiger partial charge in [-0.3, -0.25) is 4.79 Å². The largest absolute Gasteiger partial charge is 0.484 e. The van der Waals surface area contributed by atoms with Crippen molar-refractivity contribution in [3.8, 4) is 5.75 Å². The summed E-state index contributed by atoms with van der Waals surface area (Å²) in [4.78, 5) is 26.5. The van der Waals surface area contributed by atoms with Crippen molar-refractivity contribution < 1.29 is 14.3 Å². The molecule has 1 aromatic rings.